The van der Waals surface area contributed by atoms with Crippen molar-refractivity contribution in [2.45, 2.75) is 6.92 Å². The Balaban J connectivity index is 2.55. The fraction of sp³-hybridized carbons (Fsp3) is 0.0833. The third-order valence-corrected chi connectivity index (χ3v) is 3.48. The van der Waals surface area contributed by atoms with Gasteiger partial charge in [0.15, 0.2) is 0 Å². The number of hydrogen-bond acceptors (Lipinski definition) is 1. The van der Waals surface area contributed by atoms with E-state index >= 15 is 0 Å². The second-order valence-electron chi connectivity index (χ2n) is 3.32. The Morgan fingerprint density at radius 3 is 2.73 bits per heavy atom. The van der Waals surface area contributed by atoms with Crippen molar-refractivity contribution in [3.05, 3.63) is 51.7 Å². The number of hydrogen-bond donors (Lipinski definition) is 0. The first-order valence-corrected chi connectivity index (χ1v) is 5.71. The summed E-state index contributed by atoms with van der Waals surface area (Å²) < 4.78 is 0.916. The van der Waals surface area contributed by atoms with Gasteiger partial charge in [-0.2, -0.15) is 0 Å². The average Bonchev–Trinajstić information content (AvgIpc) is 2.23. The maximum atomic E-state index is 6.05. The molecule has 0 amide bonds. The lowest BCUT2D eigenvalue weighted by Gasteiger charge is -2.06. The van der Waals surface area contributed by atoms with Gasteiger partial charge in [0.2, 0.25) is 0 Å². The number of benzene rings is 1. The normalized spacial score (nSPS) is 10.3. The lowest BCUT2D eigenvalue weighted by Crippen LogP contribution is -1.84. The maximum Gasteiger partial charge on any atom is 0.0554 e. The molecular weight excluding hydrogens is 273 g/mol. The number of aryl methyl sites for hydroxylation is 1. The van der Waals surface area contributed by atoms with E-state index in [-0.39, 0.29) is 0 Å². The standard InChI is InChI=1S/C12H9BrClN/c1-8-7-15-5-4-10(8)9-2-3-11(13)12(14)6-9/h2-7H,1H3. The first-order valence-electron chi connectivity index (χ1n) is 4.54. The molecule has 0 spiro atoms. The largest absolute Gasteiger partial charge is 0.264 e. The quantitative estimate of drug-likeness (QED) is 0.752. The molecule has 0 aliphatic carbocycles. The van der Waals surface area contributed by atoms with Crippen molar-refractivity contribution in [1.82, 2.24) is 4.98 Å². The van der Waals surface area contributed by atoms with Gasteiger partial charge in [-0.15, -0.1) is 0 Å². The Hall–Kier alpha value is -0.860. The van der Waals surface area contributed by atoms with Gasteiger partial charge < -0.3 is 0 Å². The highest BCUT2D eigenvalue weighted by atomic mass is 79.9. The molecule has 3 heteroatoms. The molecule has 0 atom stereocenters. The van der Waals surface area contributed by atoms with Crippen LogP contribution in [0, 0.1) is 6.92 Å². The van der Waals surface area contributed by atoms with Crippen LogP contribution in [0.4, 0.5) is 0 Å². The monoisotopic (exact) mass is 281 g/mol. The van der Waals surface area contributed by atoms with Gasteiger partial charge in [0.1, 0.15) is 0 Å². The van der Waals surface area contributed by atoms with Crippen LogP contribution >= 0.6 is 27.5 Å². The number of rotatable bonds is 1. The van der Waals surface area contributed by atoms with Gasteiger partial charge in [0.05, 0.1) is 5.02 Å². The summed E-state index contributed by atoms with van der Waals surface area (Å²) in [5.74, 6) is 0. The summed E-state index contributed by atoms with van der Waals surface area (Å²) in [6.07, 6.45) is 3.64. The van der Waals surface area contributed by atoms with Crippen LogP contribution in [-0.2, 0) is 0 Å². The zero-order valence-corrected chi connectivity index (χ0v) is 10.5. The van der Waals surface area contributed by atoms with E-state index in [1.54, 1.807) is 6.20 Å². The van der Waals surface area contributed by atoms with Gasteiger partial charge in [-0.1, -0.05) is 17.7 Å². The van der Waals surface area contributed by atoms with Crippen LogP contribution in [0.1, 0.15) is 5.56 Å². The van der Waals surface area contributed by atoms with Crippen LogP contribution in [0.3, 0.4) is 0 Å². The lowest BCUT2D eigenvalue weighted by atomic mass is 10.0. The van der Waals surface area contributed by atoms with Crippen molar-refractivity contribution in [3.63, 3.8) is 0 Å². The highest BCUT2D eigenvalue weighted by Crippen LogP contribution is 2.29. The predicted molar refractivity (Wildman–Crippen MR) is 67.1 cm³/mol. The maximum absolute atomic E-state index is 6.05. The predicted octanol–water partition coefficient (Wildman–Crippen LogP) is 4.47. The summed E-state index contributed by atoms with van der Waals surface area (Å²) in [4.78, 5) is 4.07. The first-order chi connectivity index (χ1) is 7.18. The molecule has 76 valence electrons. The molecule has 1 aromatic heterocycles. The molecule has 0 N–H and O–H groups in total. The van der Waals surface area contributed by atoms with Gasteiger partial charge in [-0.05, 0) is 57.7 Å². The van der Waals surface area contributed by atoms with Crippen molar-refractivity contribution < 1.29 is 0 Å². The molecule has 2 rings (SSSR count). The van der Waals surface area contributed by atoms with Gasteiger partial charge >= 0.3 is 0 Å². The molecule has 2 aromatic rings. The van der Waals surface area contributed by atoms with Gasteiger partial charge in [-0.25, -0.2) is 0 Å². The van der Waals surface area contributed by atoms with Crippen LogP contribution < -0.4 is 0 Å². The van der Waals surface area contributed by atoms with Crippen LogP contribution in [-0.4, -0.2) is 4.98 Å². The first kappa shape index (κ1) is 10.7. The molecule has 0 unspecified atom stereocenters. The van der Waals surface area contributed by atoms with E-state index < -0.39 is 0 Å². The Labute approximate surface area is 102 Å². The van der Waals surface area contributed by atoms with Crippen molar-refractivity contribution in [2.75, 3.05) is 0 Å². The molecule has 0 fully saturated rings. The molecule has 1 nitrogen and oxygen atoms in total. The average molecular weight is 283 g/mol. The Morgan fingerprint density at radius 2 is 2.07 bits per heavy atom. The van der Waals surface area contributed by atoms with E-state index in [1.807, 2.05) is 37.4 Å². The van der Waals surface area contributed by atoms with E-state index in [2.05, 4.69) is 20.9 Å². The summed E-state index contributed by atoms with van der Waals surface area (Å²) in [5.41, 5.74) is 3.43. The van der Waals surface area contributed by atoms with Crippen molar-refractivity contribution in [3.8, 4) is 11.1 Å². The van der Waals surface area contributed by atoms with Gasteiger partial charge in [0.25, 0.3) is 0 Å². The molecule has 0 aliphatic heterocycles. The van der Waals surface area contributed by atoms with Crippen molar-refractivity contribution in [1.29, 1.82) is 0 Å². The van der Waals surface area contributed by atoms with Crippen LogP contribution in [0.25, 0.3) is 11.1 Å². The highest BCUT2D eigenvalue weighted by molar-refractivity contribution is 9.10. The zero-order chi connectivity index (χ0) is 10.8. The molecular formula is C12H9BrClN. The van der Waals surface area contributed by atoms with E-state index in [1.165, 1.54) is 5.56 Å². The summed E-state index contributed by atoms with van der Waals surface area (Å²) in [6.45, 7) is 2.04. The summed E-state index contributed by atoms with van der Waals surface area (Å²) in [5, 5.41) is 0.726. The van der Waals surface area contributed by atoms with Crippen molar-refractivity contribution in [2.24, 2.45) is 0 Å². The van der Waals surface area contributed by atoms with Crippen LogP contribution in [0.5, 0.6) is 0 Å². The fourth-order valence-corrected chi connectivity index (χ4v) is 1.89. The summed E-state index contributed by atoms with van der Waals surface area (Å²) in [7, 11) is 0. The minimum Gasteiger partial charge on any atom is -0.264 e. The second-order valence-corrected chi connectivity index (χ2v) is 4.58. The molecule has 0 radical (unpaired) electrons. The second kappa shape index (κ2) is 4.33. The fourth-order valence-electron chi connectivity index (χ4n) is 1.46. The topological polar surface area (TPSA) is 12.9 Å². The lowest BCUT2D eigenvalue weighted by molar-refractivity contribution is 1.27. The number of halogens is 2. The Morgan fingerprint density at radius 1 is 1.27 bits per heavy atom. The third kappa shape index (κ3) is 2.21. The van der Waals surface area contributed by atoms with E-state index in [0.29, 0.717) is 0 Å². The Kier molecular flexibility index (Phi) is 3.08. The van der Waals surface area contributed by atoms with Gasteiger partial charge in [-0.3, -0.25) is 4.98 Å². The smallest absolute Gasteiger partial charge is 0.0554 e. The molecule has 0 aliphatic rings. The molecule has 1 aromatic carbocycles. The van der Waals surface area contributed by atoms with E-state index in [4.69, 9.17) is 11.6 Å². The van der Waals surface area contributed by atoms with Crippen LogP contribution in [0.15, 0.2) is 41.1 Å². The molecule has 0 saturated heterocycles. The number of nitrogens with zero attached hydrogens (tertiary/aromatic N) is 1. The number of aromatic nitrogens is 1. The SMILES string of the molecule is Cc1cnccc1-c1ccc(Br)c(Cl)c1. The van der Waals surface area contributed by atoms with Gasteiger partial charge in [0, 0.05) is 16.9 Å². The van der Waals surface area contributed by atoms with Crippen molar-refractivity contribution >= 4 is 27.5 Å². The molecule has 0 saturated carbocycles. The van der Waals surface area contributed by atoms with E-state index in [0.717, 1.165) is 20.6 Å². The molecule has 1 heterocycles. The van der Waals surface area contributed by atoms with E-state index in [9.17, 15) is 0 Å². The molecule has 15 heavy (non-hydrogen) atoms. The zero-order valence-electron chi connectivity index (χ0n) is 8.17. The minimum absolute atomic E-state index is 0.726. The summed E-state index contributed by atoms with van der Waals surface area (Å²) >= 11 is 9.43. The highest BCUT2D eigenvalue weighted by Gasteiger charge is 2.03. The number of pyridine rings is 1. The molecule has 0 bridgehead atoms. The summed E-state index contributed by atoms with van der Waals surface area (Å²) in [6, 6.07) is 7.94. The third-order valence-electron chi connectivity index (χ3n) is 2.25. The minimum atomic E-state index is 0.726. The van der Waals surface area contributed by atoms with Crippen LogP contribution in [0.2, 0.25) is 5.02 Å². The Bertz CT molecular complexity index is 497.